The van der Waals surface area contributed by atoms with Crippen molar-refractivity contribution in [1.29, 1.82) is 0 Å². The maximum Gasteiger partial charge on any atom is 0.176 e. The molecule has 0 aromatic rings. The highest BCUT2D eigenvalue weighted by atomic mass is 127. The SMILES string of the molecule is COC1OC(CO)C2OCOC2C1NI. The van der Waals surface area contributed by atoms with Crippen LogP contribution < -0.4 is 3.53 Å². The summed E-state index contributed by atoms with van der Waals surface area (Å²) in [7, 11) is 1.57. The van der Waals surface area contributed by atoms with Crippen LogP contribution in [0.4, 0.5) is 0 Å². The van der Waals surface area contributed by atoms with Crippen molar-refractivity contribution in [3.63, 3.8) is 0 Å². The molecule has 5 unspecified atom stereocenters. The summed E-state index contributed by atoms with van der Waals surface area (Å²) < 4.78 is 24.7. The van der Waals surface area contributed by atoms with Crippen molar-refractivity contribution in [1.82, 2.24) is 3.53 Å². The average Bonchev–Trinajstić information content (AvgIpc) is 2.75. The summed E-state index contributed by atoms with van der Waals surface area (Å²) in [6.07, 6.45) is -1.18. The Bertz CT molecular complexity index is 219. The van der Waals surface area contributed by atoms with Gasteiger partial charge < -0.3 is 24.1 Å². The number of hydrogen-bond donors (Lipinski definition) is 2. The molecule has 6 nitrogen and oxygen atoms in total. The lowest BCUT2D eigenvalue weighted by atomic mass is 9.98. The average molecular weight is 331 g/mol. The standard InChI is InChI=1S/C8H14INO5/c1-12-8-5(10-9)7-6(13-3-14-7)4(2-11)15-8/h4-8,10-11H,2-3H2,1H3. The first-order valence-electron chi connectivity index (χ1n) is 4.70. The van der Waals surface area contributed by atoms with E-state index >= 15 is 0 Å². The second-order valence-electron chi connectivity index (χ2n) is 3.48. The van der Waals surface area contributed by atoms with Crippen molar-refractivity contribution in [2.75, 3.05) is 20.5 Å². The number of halogens is 1. The van der Waals surface area contributed by atoms with Gasteiger partial charge in [0.1, 0.15) is 25.1 Å². The molecule has 7 heteroatoms. The van der Waals surface area contributed by atoms with Crippen LogP contribution in [0.3, 0.4) is 0 Å². The predicted octanol–water partition coefficient (Wildman–Crippen LogP) is -0.600. The van der Waals surface area contributed by atoms with Gasteiger partial charge in [-0.25, -0.2) is 0 Å². The van der Waals surface area contributed by atoms with Gasteiger partial charge in [0.2, 0.25) is 0 Å². The van der Waals surface area contributed by atoms with Crippen molar-refractivity contribution in [2.45, 2.75) is 30.6 Å². The fourth-order valence-electron chi connectivity index (χ4n) is 1.96. The first-order chi connectivity index (χ1) is 7.31. The molecule has 0 radical (unpaired) electrons. The third-order valence-corrected chi connectivity index (χ3v) is 3.42. The van der Waals surface area contributed by atoms with Gasteiger partial charge in [-0.05, 0) is 0 Å². The Morgan fingerprint density at radius 1 is 1.47 bits per heavy atom. The number of aliphatic hydroxyl groups excluding tert-OH is 1. The van der Waals surface area contributed by atoms with Crippen molar-refractivity contribution in [3.8, 4) is 0 Å². The Labute approximate surface area is 102 Å². The summed E-state index contributed by atoms with van der Waals surface area (Å²) in [6, 6.07) is -0.0918. The molecule has 0 amide bonds. The number of aliphatic hydroxyl groups is 1. The number of hydrogen-bond acceptors (Lipinski definition) is 6. The molecule has 0 aromatic heterocycles. The summed E-state index contributed by atoms with van der Waals surface area (Å²) in [4.78, 5) is 0. The fourth-order valence-corrected chi connectivity index (χ4v) is 2.61. The minimum atomic E-state index is -0.429. The van der Waals surface area contributed by atoms with Crippen LogP contribution in [0, 0.1) is 0 Å². The van der Waals surface area contributed by atoms with E-state index in [1.807, 2.05) is 22.9 Å². The van der Waals surface area contributed by atoms with E-state index in [9.17, 15) is 5.11 Å². The molecule has 5 atom stereocenters. The maximum absolute atomic E-state index is 9.17. The zero-order valence-electron chi connectivity index (χ0n) is 8.26. The van der Waals surface area contributed by atoms with Crippen molar-refractivity contribution >= 4 is 22.9 Å². The summed E-state index contributed by atoms with van der Waals surface area (Å²) >= 11 is 2.03. The number of rotatable bonds is 3. The Morgan fingerprint density at radius 2 is 2.20 bits per heavy atom. The van der Waals surface area contributed by atoms with Gasteiger partial charge in [0.05, 0.1) is 12.6 Å². The quantitative estimate of drug-likeness (QED) is 0.532. The molecule has 88 valence electrons. The molecule has 0 aliphatic carbocycles. The fraction of sp³-hybridized carbons (Fsp3) is 1.00. The van der Waals surface area contributed by atoms with E-state index < -0.39 is 6.29 Å². The number of ether oxygens (including phenoxy) is 4. The smallest absolute Gasteiger partial charge is 0.176 e. The van der Waals surface area contributed by atoms with Crippen LogP contribution in [-0.2, 0) is 18.9 Å². The van der Waals surface area contributed by atoms with Gasteiger partial charge in [0.15, 0.2) is 6.29 Å². The largest absolute Gasteiger partial charge is 0.394 e. The van der Waals surface area contributed by atoms with E-state index in [4.69, 9.17) is 18.9 Å². The Hall–Kier alpha value is 0.490. The molecule has 2 aliphatic heterocycles. The van der Waals surface area contributed by atoms with E-state index in [1.54, 1.807) is 7.11 Å². The maximum atomic E-state index is 9.17. The van der Waals surface area contributed by atoms with Gasteiger partial charge in [-0.15, -0.1) is 0 Å². The van der Waals surface area contributed by atoms with Gasteiger partial charge >= 0.3 is 0 Å². The Balaban J connectivity index is 2.13. The van der Waals surface area contributed by atoms with E-state index in [0.29, 0.717) is 0 Å². The highest BCUT2D eigenvalue weighted by Crippen LogP contribution is 2.30. The topological polar surface area (TPSA) is 69.2 Å². The third kappa shape index (κ3) is 2.14. The molecule has 0 aromatic carbocycles. The lowest BCUT2D eigenvalue weighted by molar-refractivity contribution is -0.238. The molecule has 0 bridgehead atoms. The summed E-state index contributed by atoms with van der Waals surface area (Å²) in [5.74, 6) is 0. The van der Waals surface area contributed by atoms with Gasteiger partial charge in [-0.1, -0.05) is 0 Å². The zero-order valence-corrected chi connectivity index (χ0v) is 10.4. The van der Waals surface area contributed by atoms with Gasteiger partial charge in [-0.2, -0.15) is 0 Å². The van der Waals surface area contributed by atoms with Crippen LogP contribution in [0.5, 0.6) is 0 Å². The van der Waals surface area contributed by atoms with Crippen LogP contribution in [0.1, 0.15) is 0 Å². The summed E-state index contributed by atoms with van der Waals surface area (Å²) in [5, 5.41) is 9.17. The summed E-state index contributed by atoms with van der Waals surface area (Å²) in [6.45, 7) is 0.138. The van der Waals surface area contributed by atoms with E-state index in [2.05, 4.69) is 3.53 Å². The molecular weight excluding hydrogens is 317 g/mol. The summed E-state index contributed by atoms with van der Waals surface area (Å²) in [5.41, 5.74) is 0. The van der Waals surface area contributed by atoms with E-state index in [1.165, 1.54) is 0 Å². The molecular formula is C8H14INO5. The highest BCUT2D eigenvalue weighted by molar-refractivity contribution is 14.1. The van der Waals surface area contributed by atoms with Crippen LogP contribution in [0.15, 0.2) is 0 Å². The molecule has 2 aliphatic rings. The monoisotopic (exact) mass is 331 g/mol. The van der Waals surface area contributed by atoms with Crippen LogP contribution in [0.25, 0.3) is 0 Å². The lowest BCUT2D eigenvalue weighted by Gasteiger charge is -2.40. The molecule has 15 heavy (non-hydrogen) atoms. The lowest BCUT2D eigenvalue weighted by Crippen LogP contribution is -2.61. The van der Waals surface area contributed by atoms with Crippen molar-refractivity contribution in [2.24, 2.45) is 0 Å². The highest BCUT2D eigenvalue weighted by Gasteiger charge is 2.49. The van der Waals surface area contributed by atoms with Crippen LogP contribution in [-0.4, -0.2) is 56.3 Å². The van der Waals surface area contributed by atoms with Gasteiger partial charge in [0.25, 0.3) is 0 Å². The Morgan fingerprint density at radius 3 is 2.80 bits per heavy atom. The van der Waals surface area contributed by atoms with Crippen LogP contribution in [0.2, 0.25) is 0 Å². The number of methoxy groups -OCH3 is 1. The molecule has 2 N–H and O–H groups in total. The minimum absolute atomic E-state index is 0.0918. The normalized spacial score (nSPS) is 45.4. The first-order valence-corrected chi connectivity index (χ1v) is 5.78. The molecule has 0 spiro atoms. The van der Waals surface area contributed by atoms with Crippen molar-refractivity contribution in [3.05, 3.63) is 0 Å². The predicted molar refractivity (Wildman–Crippen MR) is 58.3 cm³/mol. The molecule has 2 heterocycles. The zero-order chi connectivity index (χ0) is 10.8. The van der Waals surface area contributed by atoms with Crippen LogP contribution >= 0.6 is 22.9 Å². The first kappa shape index (κ1) is 12.0. The number of fused-ring (bicyclic) bond motifs is 1. The second-order valence-corrected chi connectivity index (χ2v) is 4.10. The molecule has 2 saturated heterocycles. The van der Waals surface area contributed by atoms with Gasteiger partial charge in [0, 0.05) is 30.0 Å². The van der Waals surface area contributed by atoms with Crippen molar-refractivity contribution < 1.29 is 24.1 Å². The molecule has 2 fully saturated rings. The molecule has 0 saturated carbocycles. The Kier molecular flexibility index (Phi) is 4.16. The molecule has 2 rings (SSSR count). The minimum Gasteiger partial charge on any atom is -0.394 e. The number of nitrogens with one attached hydrogen (secondary N) is 1. The van der Waals surface area contributed by atoms with Gasteiger partial charge in [-0.3, -0.25) is 3.53 Å². The van der Waals surface area contributed by atoms with E-state index in [0.717, 1.165) is 0 Å². The third-order valence-electron chi connectivity index (χ3n) is 2.71. The second kappa shape index (κ2) is 5.21. The van der Waals surface area contributed by atoms with E-state index in [-0.39, 0.29) is 37.8 Å².